The molecule has 0 N–H and O–H groups in total. The van der Waals surface area contributed by atoms with Gasteiger partial charge in [-0.25, -0.2) is 0 Å². The quantitative estimate of drug-likeness (QED) is 0.442. The highest BCUT2D eigenvalue weighted by Crippen LogP contribution is 2.09. The summed E-state index contributed by atoms with van der Waals surface area (Å²) in [6, 6.07) is 0. The molecule has 13 heavy (non-hydrogen) atoms. The molecule has 0 saturated heterocycles. The van der Waals surface area contributed by atoms with Crippen LogP contribution in [0.2, 0.25) is 0 Å². The minimum Gasteiger partial charge on any atom is -0.373 e. The fourth-order valence-electron chi connectivity index (χ4n) is 1.06. The van der Waals surface area contributed by atoms with Crippen molar-refractivity contribution in [3.63, 3.8) is 0 Å². The first-order chi connectivity index (χ1) is 6.24. The van der Waals surface area contributed by atoms with Crippen LogP contribution in [-0.2, 0) is 13.3 Å². The Labute approximate surface area is 81.3 Å². The fourth-order valence-corrected chi connectivity index (χ4v) is 3.18. The third-order valence-electron chi connectivity index (χ3n) is 1.40. The summed E-state index contributed by atoms with van der Waals surface area (Å²) in [7, 11) is -2.52. The molecule has 0 amide bonds. The van der Waals surface area contributed by atoms with E-state index < -0.39 is 8.80 Å². The molecule has 0 unspecified atom stereocenters. The van der Waals surface area contributed by atoms with Crippen LogP contribution in [0.25, 0.3) is 0 Å². The van der Waals surface area contributed by atoms with E-state index in [1.807, 2.05) is 20.8 Å². The summed E-state index contributed by atoms with van der Waals surface area (Å²) in [6.07, 6.45) is 0.433. The smallest absolute Gasteiger partial charge is 0.373 e. The van der Waals surface area contributed by atoms with Crippen LogP contribution in [0.1, 0.15) is 20.8 Å². The lowest BCUT2D eigenvalue weighted by Gasteiger charge is -2.26. The second-order valence-corrected chi connectivity index (χ2v) is 4.91. The largest absolute Gasteiger partial charge is 0.523 e. The van der Waals surface area contributed by atoms with E-state index in [-0.39, 0.29) is 0 Å². The van der Waals surface area contributed by atoms with Gasteiger partial charge in [-0.1, -0.05) is 0 Å². The average molecular weight is 205 g/mol. The van der Waals surface area contributed by atoms with Crippen LogP contribution < -0.4 is 0 Å². The van der Waals surface area contributed by atoms with Gasteiger partial charge in [0.25, 0.3) is 0 Å². The fraction of sp³-hybridized carbons (Fsp3) is 0.875. The number of hydrogen-bond acceptors (Lipinski definition) is 4. The zero-order valence-corrected chi connectivity index (χ0v) is 9.71. The minimum absolute atomic E-state index is 0.433. The van der Waals surface area contributed by atoms with Crippen LogP contribution in [-0.4, -0.2) is 41.5 Å². The number of rotatable bonds is 8. The Morgan fingerprint density at radius 3 is 1.62 bits per heavy atom. The molecule has 0 rings (SSSR count). The van der Waals surface area contributed by atoms with E-state index in [1.54, 1.807) is 0 Å². The Hall–Kier alpha value is -0.233. The minimum atomic E-state index is -2.52. The molecule has 0 heterocycles. The summed E-state index contributed by atoms with van der Waals surface area (Å²) in [5, 5.41) is 0. The van der Waals surface area contributed by atoms with Gasteiger partial charge < -0.3 is 13.3 Å². The summed E-state index contributed by atoms with van der Waals surface area (Å²) in [5.74, 6) is 0. The van der Waals surface area contributed by atoms with Crippen molar-refractivity contribution in [1.82, 2.24) is 0 Å². The van der Waals surface area contributed by atoms with Crippen LogP contribution in [0, 0.1) is 0 Å². The van der Waals surface area contributed by atoms with Gasteiger partial charge in [0.15, 0.2) is 0 Å². The van der Waals surface area contributed by atoms with Crippen LogP contribution in [0.3, 0.4) is 0 Å². The van der Waals surface area contributed by atoms with Crippen LogP contribution in [0.15, 0.2) is 4.99 Å². The molecule has 0 spiro atoms. The SMILES string of the molecule is C=NC[Si](OCC)(OCC)OCC. The first-order valence-electron chi connectivity index (χ1n) is 4.59. The van der Waals surface area contributed by atoms with E-state index >= 15 is 0 Å². The van der Waals surface area contributed by atoms with E-state index in [0.29, 0.717) is 26.0 Å². The van der Waals surface area contributed by atoms with Crippen molar-refractivity contribution in [3.8, 4) is 0 Å². The Morgan fingerprint density at radius 2 is 1.38 bits per heavy atom. The molecule has 0 aromatic heterocycles. The molecule has 0 atom stereocenters. The summed E-state index contributed by atoms with van der Waals surface area (Å²) in [6.45, 7) is 11.0. The molecule has 4 nitrogen and oxygen atoms in total. The van der Waals surface area contributed by atoms with Crippen molar-refractivity contribution in [1.29, 1.82) is 0 Å². The van der Waals surface area contributed by atoms with Crippen molar-refractivity contribution in [2.24, 2.45) is 4.99 Å². The molecule has 0 bridgehead atoms. The zero-order chi connectivity index (χ0) is 10.2. The second kappa shape index (κ2) is 7.20. The number of aliphatic imine (C=N–C) groups is 1. The van der Waals surface area contributed by atoms with Gasteiger partial charge in [-0.3, -0.25) is 4.99 Å². The predicted octanol–water partition coefficient (Wildman–Crippen LogP) is 1.27. The van der Waals surface area contributed by atoms with Crippen LogP contribution in [0.5, 0.6) is 0 Å². The van der Waals surface area contributed by atoms with E-state index in [9.17, 15) is 0 Å². The highest BCUT2D eigenvalue weighted by Gasteiger charge is 2.39. The molecular weight excluding hydrogens is 186 g/mol. The first-order valence-corrected chi connectivity index (χ1v) is 6.52. The molecule has 0 aromatic carbocycles. The van der Waals surface area contributed by atoms with Gasteiger partial charge in [-0.2, -0.15) is 0 Å². The molecule has 0 aliphatic heterocycles. The third-order valence-corrected chi connectivity index (χ3v) is 4.19. The van der Waals surface area contributed by atoms with Gasteiger partial charge in [-0.05, 0) is 27.5 Å². The summed E-state index contributed by atoms with van der Waals surface area (Å²) < 4.78 is 16.5. The lowest BCUT2D eigenvalue weighted by Crippen LogP contribution is -2.49. The molecule has 78 valence electrons. The Kier molecular flexibility index (Phi) is 7.07. The van der Waals surface area contributed by atoms with Gasteiger partial charge in [0, 0.05) is 19.8 Å². The zero-order valence-electron chi connectivity index (χ0n) is 8.71. The van der Waals surface area contributed by atoms with E-state index in [1.165, 1.54) is 0 Å². The highest BCUT2D eigenvalue weighted by atomic mass is 28.4. The second-order valence-electron chi connectivity index (χ2n) is 2.36. The van der Waals surface area contributed by atoms with E-state index in [4.69, 9.17) is 13.3 Å². The van der Waals surface area contributed by atoms with Gasteiger partial charge in [0.2, 0.25) is 0 Å². The van der Waals surface area contributed by atoms with Gasteiger partial charge in [0.05, 0.1) is 0 Å². The first kappa shape index (κ1) is 12.8. The molecule has 0 aromatic rings. The monoisotopic (exact) mass is 205 g/mol. The molecule has 0 saturated carbocycles. The molecule has 5 heteroatoms. The van der Waals surface area contributed by atoms with Crippen molar-refractivity contribution >= 4 is 15.5 Å². The lowest BCUT2D eigenvalue weighted by atomic mass is 10.9. The van der Waals surface area contributed by atoms with Gasteiger partial charge in [-0.15, -0.1) is 0 Å². The third kappa shape index (κ3) is 4.52. The van der Waals surface area contributed by atoms with Crippen molar-refractivity contribution < 1.29 is 13.3 Å². The maximum atomic E-state index is 5.51. The molecular formula is C8H19NO3Si. The highest BCUT2D eigenvalue weighted by molar-refractivity contribution is 6.61. The molecule has 0 aliphatic rings. The Bertz CT molecular complexity index is 126. The van der Waals surface area contributed by atoms with Crippen LogP contribution in [0.4, 0.5) is 0 Å². The average Bonchev–Trinajstić information content (AvgIpc) is 2.06. The van der Waals surface area contributed by atoms with Gasteiger partial charge >= 0.3 is 8.80 Å². The summed E-state index contributed by atoms with van der Waals surface area (Å²) in [5.41, 5.74) is 0. The topological polar surface area (TPSA) is 40.0 Å². The van der Waals surface area contributed by atoms with Crippen LogP contribution >= 0.6 is 0 Å². The lowest BCUT2D eigenvalue weighted by molar-refractivity contribution is 0.0730. The normalized spacial score (nSPS) is 11.6. The van der Waals surface area contributed by atoms with Gasteiger partial charge in [0.1, 0.15) is 6.17 Å². The summed E-state index contributed by atoms with van der Waals surface area (Å²) >= 11 is 0. The molecule has 0 radical (unpaired) electrons. The van der Waals surface area contributed by atoms with E-state index in [2.05, 4.69) is 11.7 Å². The maximum absolute atomic E-state index is 5.51. The Morgan fingerprint density at radius 1 is 1.00 bits per heavy atom. The molecule has 0 fully saturated rings. The van der Waals surface area contributed by atoms with Crippen molar-refractivity contribution in [2.75, 3.05) is 26.0 Å². The number of hydrogen-bond donors (Lipinski definition) is 0. The summed E-state index contributed by atoms with van der Waals surface area (Å²) in [4.78, 5) is 3.80. The maximum Gasteiger partial charge on any atom is 0.523 e. The number of nitrogens with zero attached hydrogens (tertiary/aromatic N) is 1. The Balaban J connectivity index is 4.27. The van der Waals surface area contributed by atoms with E-state index in [0.717, 1.165) is 0 Å². The molecule has 0 aliphatic carbocycles. The standard InChI is InChI=1S/C8H19NO3Si/c1-5-10-13(8-9-4,11-6-2)12-7-3/h4-8H2,1-3H3. The van der Waals surface area contributed by atoms with Crippen molar-refractivity contribution in [2.45, 2.75) is 20.8 Å². The van der Waals surface area contributed by atoms with Crippen molar-refractivity contribution in [3.05, 3.63) is 0 Å². The predicted molar refractivity (Wildman–Crippen MR) is 55.0 cm³/mol.